The number of nitrogens with one attached hydrogen (secondary N) is 2. The molecule has 14 rings (SSSR count). The van der Waals surface area contributed by atoms with E-state index in [0.29, 0.717) is 84.7 Å². The number of benzene rings is 5. The van der Waals surface area contributed by atoms with E-state index >= 15 is 0 Å². The molecule has 4 fully saturated rings. The minimum absolute atomic E-state index is 0.0192. The molecule has 4 saturated heterocycles. The Morgan fingerprint density at radius 1 is 0.449 bits per heavy atom. The molecule has 774 valence electrons. The topological polar surface area (TPSA) is 413 Å². The number of aliphatic carboxylic acids is 2. The van der Waals surface area contributed by atoms with E-state index in [2.05, 4.69) is 64.5 Å². The maximum atomic E-state index is 12.9. The monoisotopic (exact) mass is 2090 g/mol. The predicted molar refractivity (Wildman–Crippen MR) is 577 cm³/mol. The van der Waals surface area contributed by atoms with Gasteiger partial charge in [0.25, 0.3) is 11.8 Å². The van der Waals surface area contributed by atoms with Crippen molar-refractivity contribution in [2.24, 2.45) is 5.92 Å². The van der Waals surface area contributed by atoms with Crippen molar-refractivity contribution in [1.82, 2.24) is 10.6 Å². The van der Waals surface area contributed by atoms with Crippen LogP contribution in [0.2, 0.25) is 0 Å². The van der Waals surface area contributed by atoms with E-state index in [1.165, 1.54) is 14.0 Å². The van der Waals surface area contributed by atoms with Crippen LogP contribution in [0.4, 0.5) is 28.4 Å². The summed E-state index contributed by atoms with van der Waals surface area (Å²) in [6, 6.07) is 60.1. The van der Waals surface area contributed by atoms with Crippen molar-refractivity contribution in [1.29, 1.82) is 0 Å². The van der Waals surface area contributed by atoms with Gasteiger partial charge in [0.1, 0.15) is 6.04 Å². The molecule has 0 saturated carbocycles. The van der Waals surface area contributed by atoms with Crippen LogP contribution in [0, 0.1) is 5.92 Å². The lowest BCUT2D eigenvalue weighted by molar-refractivity contribution is -0.692. The maximum Gasteiger partial charge on any atom is 0.328 e. The highest BCUT2D eigenvalue weighted by Gasteiger charge is 2.38. The molecule has 10 unspecified atom stereocenters. The van der Waals surface area contributed by atoms with Crippen LogP contribution < -0.4 is 68.2 Å². The Kier molecular flexibility index (Phi) is 45.2. The van der Waals surface area contributed by atoms with Gasteiger partial charge in [0.05, 0.1) is 75.0 Å². The lowest BCUT2D eigenvalue weighted by atomic mass is 10.0. The van der Waals surface area contributed by atoms with Crippen molar-refractivity contribution in [2.75, 3.05) is 132 Å². The zero-order valence-electron chi connectivity index (χ0n) is 82.1. The molecule has 0 bridgehead atoms. The summed E-state index contributed by atoms with van der Waals surface area (Å²) in [5.74, 6) is -2.84. The summed E-state index contributed by atoms with van der Waals surface area (Å²) in [7, 11) is 6.84. The largest absolute Gasteiger partial charge is 0.550 e. The number of rotatable bonds is 49. The number of anilines is 5. The van der Waals surface area contributed by atoms with Gasteiger partial charge >= 0.3 is 5.97 Å². The minimum atomic E-state index is -1.50. The fraction of sp³-hybridized carbons (Fsp3) is 0.342. The van der Waals surface area contributed by atoms with Crippen molar-refractivity contribution in [3.8, 4) is 0 Å². The SMILES string of the molecule is COC(=O)C1CC(O)CN1c1ccc(/C=C/c2cc[n+](CC(=O)NC(CSSCC(CC(=O)C[n+]3ccc(/C=C/c4ccc(N5CC(O)CC5C(C)=O)cc4)cc3)C(=O)[O-])C(=O)[O-])cc2)cc1.O=C(CCCSSCCNC(=O)C[n+]1ccccc1/C=C/c1ccc(N2CC(O)C(O)C2)cc1)C[n+]1ccccc1/C=C/c1ccc(N2CC(O)C(O)C2)cc1.OCCN(CCO)c1ccc(/C=C/c2cc[n+](CCS)cc2)cc1. The number of carbonyl (C=O) groups is 8. The number of esters is 1. The summed E-state index contributed by atoms with van der Waals surface area (Å²) in [6.45, 7) is 6.90. The molecule has 0 spiro atoms. The predicted octanol–water partition coefficient (Wildman–Crippen LogP) is 5.98. The summed E-state index contributed by atoms with van der Waals surface area (Å²) in [5.41, 5.74) is 14.2. The van der Waals surface area contributed by atoms with E-state index in [9.17, 15) is 79.2 Å². The first-order valence-corrected chi connectivity index (χ1v) is 54.4. The van der Waals surface area contributed by atoms with Crippen LogP contribution in [0.5, 0.6) is 0 Å². The number of carboxylic acid groups (broad SMARTS) is 2. The molecule has 10 atom stereocenters. The van der Waals surface area contributed by atoms with Crippen LogP contribution in [-0.2, 0) is 75.8 Å². The molecule has 9 heterocycles. The minimum Gasteiger partial charge on any atom is -0.550 e. The number of aliphatic hydroxyl groups is 8. The van der Waals surface area contributed by atoms with E-state index in [4.69, 9.17) is 14.9 Å². The van der Waals surface area contributed by atoms with Gasteiger partial charge in [0.15, 0.2) is 73.5 Å². The Labute approximate surface area is 878 Å². The van der Waals surface area contributed by atoms with Crippen LogP contribution in [0.15, 0.2) is 244 Å². The third kappa shape index (κ3) is 36.4. The number of hydrogen-bond acceptors (Lipinski definition) is 29. The number of aliphatic hydroxyl groups excluding tert-OH is 8. The Morgan fingerprint density at radius 2 is 0.857 bits per heavy atom. The van der Waals surface area contributed by atoms with Crippen molar-refractivity contribution >= 4 is 192 Å². The first-order valence-electron chi connectivity index (χ1n) is 48.8. The quantitative estimate of drug-likeness (QED) is 0.00686. The van der Waals surface area contributed by atoms with E-state index in [0.717, 1.165) is 136 Å². The number of aryl methyl sites for hydroxylation is 1. The molecule has 31 nitrogen and oxygen atoms in total. The van der Waals surface area contributed by atoms with Gasteiger partial charge in [-0.15, -0.1) is 0 Å². The molecule has 5 aromatic heterocycles. The van der Waals surface area contributed by atoms with Crippen LogP contribution in [0.25, 0.3) is 60.8 Å². The number of pyridine rings is 5. The third-order valence-electron chi connectivity index (χ3n) is 25.0. The summed E-state index contributed by atoms with van der Waals surface area (Å²) in [6.07, 6.45) is 32.2. The second-order valence-corrected chi connectivity index (χ2v) is 41.7. The fourth-order valence-corrected chi connectivity index (χ4v) is 21.6. The molecule has 36 heteroatoms. The molecule has 147 heavy (non-hydrogen) atoms. The number of ether oxygens (including phenoxy) is 1. The number of aromatic nitrogens is 5. The molecule has 4 aliphatic rings. The Hall–Kier alpha value is -12.7. The van der Waals surface area contributed by atoms with Crippen LogP contribution >= 0.6 is 55.8 Å². The summed E-state index contributed by atoms with van der Waals surface area (Å²) in [4.78, 5) is 109. The molecule has 10 aromatic rings. The Morgan fingerprint density at radius 3 is 1.30 bits per heavy atom. The maximum absolute atomic E-state index is 12.9. The van der Waals surface area contributed by atoms with Crippen molar-refractivity contribution in [3.63, 3.8) is 0 Å². The molecule has 0 radical (unpaired) electrons. The summed E-state index contributed by atoms with van der Waals surface area (Å²) in [5, 5.41) is 107. The lowest BCUT2D eigenvalue weighted by Crippen LogP contribution is -2.52. The summed E-state index contributed by atoms with van der Waals surface area (Å²) < 4.78 is 14.1. The average Bonchev–Trinajstić information content (AvgIpc) is 1.68. The highest BCUT2D eigenvalue weighted by Crippen LogP contribution is 2.33. The number of Topliss-reactive ketones (excluding diaryl/α,β-unsaturated/α-hetero) is 3. The lowest BCUT2D eigenvalue weighted by Gasteiger charge is -2.24. The highest BCUT2D eigenvalue weighted by atomic mass is 33.1. The number of hydrogen-bond donors (Lipinski definition) is 11. The average molecular weight is 2100 g/mol. The molecule has 2 amide bonds. The first-order chi connectivity index (χ1) is 71.1. The van der Waals surface area contributed by atoms with Gasteiger partial charge in [0, 0.05) is 226 Å². The molecular formula is C111H129N12O19S5+3. The smallest absolute Gasteiger partial charge is 0.328 e. The Balaban J connectivity index is 0.000000216. The second kappa shape index (κ2) is 58.8. The second-order valence-electron chi connectivity index (χ2n) is 36.0. The number of thiol groups is 1. The zero-order chi connectivity index (χ0) is 105. The van der Waals surface area contributed by atoms with E-state index in [1.54, 1.807) is 67.6 Å². The van der Waals surface area contributed by atoms with Gasteiger partial charge in [-0.25, -0.2) is 9.36 Å². The normalized spacial score (nSPS) is 18.0. The fourth-order valence-electron chi connectivity index (χ4n) is 16.9. The molecule has 5 aromatic carbocycles. The number of carboxylic acids is 2. The van der Waals surface area contributed by atoms with E-state index in [1.807, 2.05) is 264 Å². The number of carbonyl (C=O) groups excluding carboxylic acids is 8. The number of ketones is 3. The molecule has 0 aliphatic carbocycles. The zero-order valence-corrected chi connectivity index (χ0v) is 86.3. The van der Waals surface area contributed by atoms with Gasteiger partial charge in [-0.05, 0) is 143 Å². The Bertz CT molecular complexity index is 5930. The van der Waals surface area contributed by atoms with Gasteiger partial charge in [0.2, 0.25) is 37.6 Å². The van der Waals surface area contributed by atoms with Gasteiger partial charge in [-0.3, -0.25) is 24.0 Å². The number of nitrogens with zero attached hydrogens (tertiary/aromatic N) is 10. The van der Waals surface area contributed by atoms with Crippen molar-refractivity contribution in [2.45, 2.75) is 127 Å². The summed E-state index contributed by atoms with van der Waals surface area (Å²) >= 11 is 4.23. The number of amides is 2. The first kappa shape index (κ1) is 113. The molecule has 10 N–H and O–H groups in total. The number of β-amino-alcohol motifs (C(OH)–C–C–N with tert-alkyl or cyclic N) is 6. The van der Waals surface area contributed by atoms with E-state index in [-0.39, 0.29) is 80.1 Å². The molecule has 4 aliphatic heterocycles. The van der Waals surface area contributed by atoms with Crippen molar-refractivity contribution < 1.29 is 117 Å². The highest BCUT2D eigenvalue weighted by molar-refractivity contribution is 8.77. The standard InChI is InChI=1S/C49H53N5O11S2.C43H50N5O6S2.C19H24N2O2S/c1-32(55)44-24-41(57)27-53(44)38-11-7-33(8-12-38)3-5-35-15-19-51(20-16-35)26-40(56)23-37(47(60)61)30-66-67-31-43(48(62)63)50-46(59)29-52-21-17-36(18-22-52)6-4-34-9-13-39(14-10-34)54-28-42(58)25-45(54)49(64)65-2;49-38(26-45-22-3-1-6-34(45)15-9-32-11-17-36(18-12-32)47-27-39(50)40(51)28-47)8-5-24-55-56-25-21-44-43(54)31-46-23-4-2-7-35(46)16-10-33-13-19-37(20-14-33)48-29-41(52)42(53)30-48;22-14-11-21(12-15-23)19-5-3-17(4-6-19)1-2-18-7-9-20(10-8-18)13-16-24/h3-22,37,41-45,57-58H,23-31H2,1-2H3,(H-2,50,59,60,61,62,63);1-4,6-7,9-20,22-23,39-42,50-53H,5,8,21,24-31H2;1-10,22-23H,11-16H2/q;+1;/p+2. The molecular weight excluding hydrogens is 1970 g/mol. The van der Waals surface area contributed by atoms with Gasteiger partial charge < -0.3 is 101 Å². The van der Waals surface area contributed by atoms with Crippen LogP contribution in [-0.4, -0.2) is 251 Å². The van der Waals surface area contributed by atoms with E-state index < -0.39 is 78.4 Å². The van der Waals surface area contributed by atoms with Gasteiger partial charge in [-0.2, -0.15) is 30.9 Å². The van der Waals surface area contributed by atoms with Crippen LogP contribution in [0.3, 0.4) is 0 Å². The number of methoxy groups -OCH3 is 1. The van der Waals surface area contributed by atoms with Gasteiger partial charge in [-0.1, -0.05) is 140 Å². The third-order valence-corrected chi connectivity index (χ3v) is 30.2. The van der Waals surface area contributed by atoms with Crippen LogP contribution in [0.1, 0.15) is 94.9 Å². The van der Waals surface area contributed by atoms with Crippen molar-refractivity contribution in [3.05, 3.63) is 300 Å².